The Balaban J connectivity index is 2.35. The van der Waals surface area contributed by atoms with E-state index in [9.17, 15) is 0 Å². The number of nitrogens with zero attached hydrogens (tertiary/aromatic N) is 1. The minimum Gasteiger partial charge on any atom is -0.376 e. The van der Waals surface area contributed by atoms with Gasteiger partial charge in [0.05, 0.1) is 18.8 Å². The number of morpholine rings is 1. The van der Waals surface area contributed by atoms with E-state index in [1.54, 1.807) is 0 Å². The third-order valence-corrected chi connectivity index (χ3v) is 4.60. The van der Waals surface area contributed by atoms with Gasteiger partial charge in [-0.25, -0.2) is 0 Å². The van der Waals surface area contributed by atoms with E-state index in [1.807, 2.05) is 18.2 Å². The third-order valence-electron chi connectivity index (χ3n) is 3.94. The van der Waals surface area contributed by atoms with Crippen molar-refractivity contribution >= 4 is 23.2 Å². The van der Waals surface area contributed by atoms with Crippen LogP contribution in [0.25, 0.3) is 0 Å². The van der Waals surface area contributed by atoms with Crippen LogP contribution in [0.2, 0.25) is 10.0 Å². The number of ether oxygens (including phenoxy) is 1. The van der Waals surface area contributed by atoms with Gasteiger partial charge in [-0.3, -0.25) is 4.90 Å². The molecule has 1 aromatic carbocycles. The van der Waals surface area contributed by atoms with Gasteiger partial charge in [0.2, 0.25) is 0 Å². The normalized spacial score (nSPS) is 25.6. The molecule has 2 N–H and O–H groups in total. The third kappa shape index (κ3) is 3.29. The number of benzene rings is 1. The van der Waals surface area contributed by atoms with Gasteiger partial charge in [-0.05, 0) is 25.5 Å². The molecule has 1 aromatic rings. The molecule has 0 aromatic heterocycles. The zero-order valence-electron chi connectivity index (χ0n) is 12.0. The van der Waals surface area contributed by atoms with Gasteiger partial charge in [0.1, 0.15) is 0 Å². The van der Waals surface area contributed by atoms with Crippen LogP contribution in [0.15, 0.2) is 18.2 Å². The second kappa shape index (κ2) is 7.10. The van der Waals surface area contributed by atoms with E-state index in [-0.39, 0.29) is 12.1 Å². The molecular formula is C15H22Cl2N2O. The van der Waals surface area contributed by atoms with Gasteiger partial charge in [-0.15, -0.1) is 0 Å². The average molecular weight is 317 g/mol. The van der Waals surface area contributed by atoms with E-state index in [2.05, 4.69) is 18.7 Å². The zero-order valence-corrected chi connectivity index (χ0v) is 13.5. The molecule has 1 saturated heterocycles. The fourth-order valence-corrected chi connectivity index (χ4v) is 3.50. The first-order chi connectivity index (χ1) is 9.58. The summed E-state index contributed by atoms with van der Waals surface area (Å²) >= 11 is 12.7. The van der Waals surface area contributed by atoms with Crippen molar-refractivity contribution in [3.8, 4) is 0 Å². The highest BCUT2D eigenvalue weighted by Crippen LogP contribution is 2.35. The Morgan fingerprint density at radius 1 is 1.40 bits per heavy atom. The predicted octanol–water partition coefficient (Wildman–Crippen LogP) is 3.49. The summed E-state index contributed by atoms with van der Waals surface area (Å²) in [7, 11) is 0. The van der Waals surface area contributed by atoms with Crippen LogP contribution < -0.4 is 5.73 Å². The molecule has 2 rings (SSSR count). The summed E-state index contributed by atoms with van der Waals surface area (Å²) in [4.78, 5) is 2.39. The molecule has 0 bridgehead atoms. The van der Waals surface area contributed by atoms with E-state index in [1.165, 1.54) is 0 Å². The Bertz CT molecular complexity index is 435. The van der Waals surface area contributed by atoms with Gasteiger partial charge in [-0.2, -0.15) is 0 Å². The van der Waals surface area contributed by atoms with Crippen LogP contribution in [-0.2, 0) is 4.74 Å². The largest absolute Gasteiger partial charge is 0.376 e. The Morgan fingerprint density at radius 3 is 2.60 bits per heavy atom. The van der Waals surface area contributed by atoms with Crippen molar-refractivity contribution in [2.75, 3.05) is 19.7 Å². The number of hydrogen-bond donors (Lipinski definition) is 1. The van der Waals surface area contributed by atoms with Crippen molar-refractivity contribution in [2.45, 2.75) is 38.5 Å². The molecule has 5 heteroatoms. The maximum absolute atomic E-state index is 6.35. The number of hydrogen-bond acceptors (Lipinski definition) is 3. The lowest BCUT2D eigenvalue weighted by Gasteiger charge is -2.43. The Morgan fingerprint density at radius 2 is 2.05 bits per heavy atom. The summed E-state index contributed by atoms with van der Waals surface area (Å²) in [5.41, 5.74) is 6.97. The summed E-state index contributed by atoms with van der Waals surface area (Å²) in [5, 5.41) is 1.36. The van der Waals surface area contributed by atoms with Crippen LogP contribution in [0.5, 0.6) is 0 Å². The lowest BCUT2D eigenvalue weighted by Crippen LogP contribution is -2.51. The van der Waals surface area contributed by atoms with Gasteiger partial charge >= 0.3 is 0 Å². The van der Waals surface area contributed by atoms with E-state index >= 15 is 0 Å². The summed E-state index contributed by atoms with van der Waals surface area (Å²) in [5.74, 6) is 0. The topological polar surface area (TPSA) is 38.5 Å². The fourth-order valence-electron chi connectivity index (χ4n) is 2.85. The highest BCUT2D eigenvalue weighted by Gasteiger charge is 2.33. The first kappa shape index (κ1) is 16.1. The van der Waals surface area contributed by atoms with E-state index in [0.29, 0.717) is 22.6 Å². The molecule has 0 aliphatic carbocycles. The predicted molar refractivity (Wildman–Crippen MR) is 84.5 cm³/mol. The molecule has 1 aliphatic rings. The van der Waals surface area contributed by atoms with Crippen LogP contribution in [0.4, 0.5) is 0 Å². The van der Waals surface area contributed by atoms with Gasteiger partial charge < -0.3 is 10.5 Å². The first-order valence-electron chi connectivity index (χ1n) is 7.09. The lowest BCUT2D eigenvalue weighted by molar-refractivity contribution is -0.0718. The van der Waals surface area contributed by atoms with Gasteiger partial charge in [0.15, 0.2) is 0 Å². The van der Waals surface area contributed by atoms with Crippen molar-refractivity contribution in [2.24, 2.45) is 5.73 Å². The van der Waals surface area contributed by atoms with Crippen molar-refractivity contribution < 1.29 is 4.74 Å². The smallest absolute Gasteiger partial charge is 0.0675 e. The molecular weight excluding hydrogens is 295 g/mol. The minimum absolute atomic E-state index is 0.0347. The molecule has 20 heavy (non-hydrogen) atoms. The fraction of sp³-hybridized carbons (Fsp3) is 0.600. The van der Waals surface area contributed by atoms with Crippen LogP contribution in [0, 0.1) is 0 Å². The molecule has 1 heterocycles. The zero-order chi connectivity index (χ0) is 14.7. The molecule has 3 atom stereocenters. The van der Waals surface area contributed by atoms with E-state index < -0.39 is 0 Å². The minimum atomic E-state index is 0.0347. The Labute approximate surface area is 131 Å². The van der Waals surface area contributed by atoms with Crippen molar-refractivity contribution in [3.05, 3.63) is 33.8 Å². The van der Waals surface area contributed by atoms with Crippen LogP contribution in [0.1, 0.15) is 31.9 Å². The SMILES string of the molecule is CCC1COC(C)CN1C(CN)c1c(Cl)cccc1Cl. The van der Waals surface area contributed by atoms with Crippen LogP contribution >= 0.6 is 23.2 Å². The van der Waals surface area contributed by atoms with Crippen molar-refractivity contribution in [1.82, 2.24) is 4.90 Å². The van der Waals surface area contributed by atoms with E-state index in [4.69, 9.17) is 33.7 Å². The highest BCUT2D eigenvalue weighted by atomic mass is 35.5. The maximum atomic E-state index is 6.35. The summed E-state index contributed by atoms with van der Waals surface area (Å²) in [6.45, 7) is 6.32. The van der Waals surface area contributed by atoms with Crippen LogP contribution in [0.3, 0.4) is 0 Å². The maximum Gasteiger partial charge on any atom is 0.0675 e. The lowest BCUT2D eigenvalue weighted by atomic mass is 10.00. The first-order valence-corrected chi connectivity index (χ1v) is 7.85. The van der Waals surface area contributed by atoms with Crippen molar-refractivity contribution in [1.29, 1.82) is 0 Å². The Hall–Kier alpha value is -0.320. The molecule has 0 radical (unpaired) electrons. The molecule has 0 saturated carbocycles. The molecule has 1 aliphatic heterocycles. The van der Waals surface area contributed by atoms with E-state index in [0.717, 1.165) is 25.1 Å². The van der Waals surface area contributed by atoms with Gasteiger partial charge in [0.25, 0.3) is 0 Å². The Kier molecular flexibility index (Phi) is 5.70. The summed E-state index contributed by atoms with van der Waals surface area (Å²) in [6, 6.07) is 5.99. The second-order valence-electron chi connectivity index (χ2n) is 5.29. The monoisotopic (exact) mass is 316 g/mol. The van der Waals surface area contributed by atoms with Gasteiger partial charge in [0, 0.05) is 34.7 Å². The average Bonchev–Trinajstić information content (AvgIpc) is 2.43. The number of nitrogens with two attached hydrogens (primary N) is 1. The molecule has 3 unspecified atom stereocenters. The summed E-state index contributed by atoms with van der Waals surface area (Å²) < 4.78 is 5.75. The molecule has 112 valence electrons. The van der Waals surface area contributed by atoms with Crippen LogP contribution in [-0.4, -0.2) is 36.7 Å². The second-order valence-corrected chi connectivity index (χ2v) is 6.10. The van der Waals surface area contributed by atoms with Gasteiger partial charge in [-0.1, -0.05) is 36.2 Å². The number of rotatable bonds is 4. The van der Waals surface area contributed by atoms with Crippen molar-refractivity contribution in [3.63, 3.8) is 0 Å². The molecule has 0 amide bonds. The highest BCUT2D eigenvalue weighted by molar-refractivity contribution is 6.36. The molecule has 3 nitrogen and oxygen atoms in total. The standard InChI is InChI=1S/C15H22Cl2N2O/c1-3-11-9-20-10(2)8-19(11)14(7-18)15-12(16)5-4-6-13(15)17/h4-6,10-11,14H,3,7-9,18H2,1-2H3. The quantitative estimate of drug-likeness (QED) is 0.924. The summed E-state index contributed by atoms with van der Waals surface area (Å²) in [6.07, 6.45) is 1.22. The molecule has 0 spiro atoms. The number of halogens is 2. The molecule has 1 fully saturated rings.